The lowest BCUT2D eigenvalue weighted by atomic mass is 9.69. The molecule has 0 bridgehead atoms. The average molecular weight is 703 g/mol. The Bertz CT molecular complexity index is 2460. The van der Waals surface area contributed by atoms with Crippen LogP contribution in [0, 0.1) is 10.8 Å². The van der Waals surface area contributed by atoms with Crippen molar-refractivity contribution in [2.24, 2.45) is 10.8 Å². The fourth-order valence-electron chi connectivity index (χ4n) is 8.09. The van der Waals surface area contributed by atoms with E-state index in [1.165, 1.54) is 55.3 Å². The van der Waals surface area contributed by atoms with E-state index in [2.05, 4.69) is 227 Å². The number of para-hydroxylation sites is 3. The van der Waals surface area contributed by atoms with Gasteiger partial charge in [0.2, 0.25) is 0 Å². The van der Waals surface area contributed by atoms with Gasteiger partial charge in [-0.2, -0.15) is 0 Å². The molecule has 0 amide bonds. The number of fused-ring (bicyclic) bond motifs is 3. The van der Waals surface area contributed by atoms with Crippen LogP contribution < -0.4 is 4.90 Å². The van der Waals surface area contributed by atoms with E-state index in [4.69, 9.17) is 0 Å². The Labute approximate surface area is 321 Å². The Hall–Kier alpha value is -5.86. The molecule has 0 saturated carbocycles. The zero-order valence-corrected chi connectivity index (χ0v) is 32.4. The Kier molecular flexibility index (Phi) is 9.24. The summed E-state index contributed by atoms with van der Waals surface area (Å²) in [5, 5.41) is 2.51. The van der Waals surface area contributed by atoms with Crippen LogP contribution in [0.25, 0.3) is 49.7 Å². The van der Waals surface area contributed by atoms with Crippen molar-refractivity contribution in [3.8, 4) is 27.9 Å². The van der Waals surface area contributed by atoms with Crippen LogP contribution in [0.4, 0.5) is 17.1 Å². The van der Waals surface area contributed by atoms with Crippen molar-refractivity contribution in [3.05, 3.63) is 181 Å². The quantitative estimate of drug-likeness (QED) is 0.153. The highest BCUT2D eigenvalue weighted by molar-refractivity contribution is 6.11. The number of hydrogen-bond acceptors (Lipinski definition) is 1. The van der Waals surface area contributed by atoms with E-state index >= 15 is 0 Å². The first-order valence-corrected chi connectivity index (χ1v) is 19.3. The van der Waals surface area contributed by atoms with Gasteiger partial charge in [0.15, 0.2) is 0 Å². The molecule has 1 aromatic heterocycles. The average Bonchev–Trinajstić information content (AvgIpc) is 3.51. The normalized spacial score (nSPS) is 12.6. The second kappa shape index (κ2) is 14.2. The van der Waals surface area contributed by atoms with Crippen molar-refractivity contribution in [2.45, 2.75) is 53.9 Å². The molecule has 0 spiro atoms. The van der Waals surface area contributed by atoms with Gasteiger partial charge in [-0.1, -0.05) is 145 Å². The SMILES string of the molecule is CC(C)(C)CC(c1ccc(-c2ccc3c(c2)c2cc(-c4ccc(N(c5ccccc5)c5ccccc5)cc4)ccc2n3-c2ccccc2)cc1)C(C)(C)C. The van der Waals surface area contributed by atoms with Crippen LogP contribution in [-0.2, 0) is 0 Å². The zero-order chi connectivity index (χ0) is 37.5. The van der Waals surface area contributed by atoms with E-state index in [1.54, 1.807) is 0 Å². The van der Waals surface area contributed by atoms with Crippen LogP contribution in [0.5, 0.6) is 0 Å². The number of hydrogen-bond donors (Lipinski definition) is 0. The molecule has 1 atom stereocenters. The smallest absolute Gasteiger partial charge is 0.0541 e. The number of benzene rings is 7. The largest absolute Gasteiger partial charge is 0.311 e. The standard InChI is InChI=1S/C52H50N2/c1-51(2,3)36-48(52(4,5)6)39-24-22-37(23-25-39)40-28-32-49-46(34-40)47-35-41(29-33-50(47)54(49)44-20-14-9-15-21-44)38-26-30-45(31-27-38)53(42-16-10-7-11-17-42)43-18-12-8-13-19-43/h7-35,48H,36H2,1-6H3. The monoisotopic (exact) mass is 702 g/mol. The van der Waals surface area contributed by atoms with Crippen LogP contribution in [0.2, 0.25) is 0 Å². The molecule has 8 aromatic rings. The third kappa shape index (κ3) is 7.09. The third-order valence-electron chi connectivity index (χ3n) is 10.8. The minimum absolute atomic E-state index is 0.189. The second-order valence-electron chi connectivity index (χ2n) is 17.0. The van der Waals surface area contributed by atoms with Gasteiger partial charge < -0.3 is 9.47 Å². The molecule has 2 nitrogen and oxygen atoms in total. The second-order valence-corrected chi connectivity index (χ2v) is 17.0. The summed E-state index contributed by atoms with van der Waals surface area (Å²) in [5.41, 5.74) is 13.7. The first-order valence-electron chi connectivity index (χ1n) is 19.3. The minimum Gasteiger partial charge on any atom is -0.311 e. The maximum Gasteiger partial charge on any atom is 0.0541 e. The van der Waals surface area contributed by atoms with Gasteiger partial charge in [0, 0.05) is 33.5 Å². The highest BCUT2D eigenvalue weighted by Gasteiger charge is 2.30. The number of rotatable bonds is 8. The molecule has 0 aliphatic rings. The van der Waals surface area contributed by atoms with E-state index in [9.17, 15) is 0 Å². The summed E-state index contributed by atoms with van der Waals surface area (Å²) >= 11 is 0. The van der Waals surface area contributed by atoms with Gasteiger partial charge in [-0.25, -0.2) is 0 Å². The molecule has 8 rings (SSSR count). The van der Waals surface area contributed by atoms with E-state index < -0.39 is 0 Å². The lowest BCUT2D eigenvalue weighted by molar-refractivity contribution is 0.229. The fraction of sp³-hybridized carbons (Fsp3) is 0.192. The van der Waals surface area contributed by atoms with Gasteiger partial charge in [0.05, 0.1) is 11.0 Å². The van der Waals surface area contributed by atoms with Crippen molar-refractivity contribution in [3.63, 3.8) is 0 Å². The highest BCUT2D eigenvalue weighted by atomic mass is 15.1. The maximum atomic E-state index is 2.41. The summed E-state index contributed by atoms with van der Waals surface area (Å²) < 4.78 is 2.41. The number of anilines is 3. The summed E-state index contributed by atoms with van der Waals surface area (Å²) in [6.45, 7) is 14.2. The van der Waals surface area contributed by atoms with Crippen molar-refractivity contribution < 1.29 is 0 Å². The van der Waals surface area contributed by atoms with Gasteiger partial charge in [-0.05, 0) is 124 Å². The van der Waals surface area contributed by atoms with Crippen molar-refractivity contribution >= 4 is 38.9 Å². The van der Waals surface area contributed by atoms with Gasteiger partial charge >= 0.3 is 0 Å². The van der Waals surface area contributed by atoms with Crippen molar-refractivity contribution in [1.29, 1.82) is 0 Å². The van der Waals surface area contributed by atoms with Crippen LogP contribution in [-0.4, -0.2) is 4.57 Å². The summed E-state index contributed by atoms with van der Waals surface area (Å²) in [6, 6.07) is 64.2. The third-order valence-corrected chi connectivity index (χ3v) is 10.8. The Morgan fingerprint density at radius 1 is 0.444 bits per heavy atom. The lowest BCUT2D eigenvalue weighted by Crippen LogP contribution is -2.23. The fourth-order valence-corrected chi connectivity index (χ4v) is 8.09. The molecule has 0 N–H and O–H groups in total. The van der Waals surface area contributed by atoms with Crippen LogP contribution in [0.15, 0.2) is 176 Å². The summed E-state index contributed by atoms with van der Waals surface area (Å²) in [4.78, 5) is 2.31. The Balaban J connectivity index is 1.20. The van der Waals surface area contributed by atoms with Crippen LogP contribution in [0.1, 0.15) is 59.4 Å². The van der Waals surface area contributed by atoms with E-state index in [-0.39, 0.29) is 10.8 Å². The maximum absolute atomic E-state index is 2.41. The van der Waals surface area contributed by atoms with E-state index in [0.717, 1.165) is 23.5 Å². The number of nitrogens with zero attached hydrogens (tertiary/aromatic N) is 2. The molecule has 54 heavy (non-hydrogen) atoms. The summed E-state index contributed by atoms with van der Waals surface area (Å²) in [7, 11) is 0. The zero-order valence-electron chi connectivity index (χ0n) is 32.4. The highest BCUT2D eigenvalue weighted by Crippen LogP contribution is 2.44. The summed E-state index contributed by atoms with van der Waals surface area (Å²) in [5.74, 6) is 0.491. The molecule has 0 saturated heterocycles. The van der Waals surface area contributed by atoms with Gasteiger partial charge in [-0.3, -0.25) is 0 Å². The minimum atomic E-state index is 0.189. The van der Waals surface area contributed by atoms with Gasteiger partial charge in [0.25, 0.3) is 0 Å². The molecule has 0 radical (unpaired) electrons. The van der Waals surface area contributed by atoms with E-state index in [1.807, 2.05) is 0 Å². The van der Waals surface area contributed by atoms with E-state index in [0.29, 0.717) is 5.92 Å². The lowest BCUT2D eigenvalue weighted by Gasteiger charge is -2.36. The topological polar surface area (TPSA) is 8.17 Å². The molecule has 0 aliphatic carbocycles. The molecular formula is C52H50N2. The predicted octanol–water partition coefficient (Wildman–Crippen LogP) is 15.2. The first-order chi connectivity index (χ1) is 26.0. The first kappa shape index (κ1) is 35.2. The molecule has 1 unspecified atom stereocenters. The molecular weight excluding hydrogens is 653 g/mol. The molecule has 2 heteroatoms. The van der Waals surface area contributed by atoms with Crippen LogP contribution in [0.3, 0.4) is 0 Å². The molecule has 7 aromatic carbocycles. The summed E-state index contributed by atoms with van der Waals surface area (Å²) in [6.07, 6.45) is 1.16. The van der Waals surface area contributed by atoms with Gasteiger partial charge in [-0.15, -0.1) is 0 Å². The molecule has 0 fully saturated rings. The number of aromatic nitrogens is 1. The molecule has 0 aliphatic heterocycles. The van der Waals surface area contributed by atoms with Gasteiger partial charge in [0.1, 0.15) is 0 Å². The van der Waals surface area contributed by atoms with Crippen LogP contribution >= 0.6 is 0 Å². The van der Waals surface area contributed by atoms with Crippen molar-refractivity contribution in [2.75, 3.05) is 4.90 Å². The van der Waals surface area contributed by atoms with Crippen molar-refractivity contribution in [1.82, 2.24) is 4.57 Å². The Morgan fingerprint density at radius 2 is 0.852 bits per heavy atom. The predicted molar refractivity (Wildman–Crippen MR) is 233 cm³/mol. The molecule has 1 heterocycles. The molecule has 268 valence electrons. The Morgan fingerprint density at radius 3 is 1.30 bits per heavy atom.